The van der Waals surface area contributed by atoms with Crippen molar-refractivity contribution in [1.29, 1.82) is 0 Å². The molecule has 0 N–H and O–H groups in total. The zero-order valence-corrected chi connectivity index (χ0v) is 9.00. The first kappa shape index (κ1) is 16.8. The van der Waals surface area contributed by atoms with Gasteiger partial charge in [-0.15, -0.1) is 0 Å². The number of hydrogen-bond acceptors (Lipinski definition) is 0. The molecule has 0 amide bonds. The third-order valence-electron chi connectivity index (χ3n) is 0.865. The van der Waals surface area contributed by atoms with Crippen molar-refractivity contribution >= 4 is 0 Å². The van der Waals surface area contributed by atoms with Crippen LogP contribution in [0.4, 0.5) is 0 Å². The Morgan fingerprint density at radius 2 is 1.90 bits per heavy atom. The van der Waals surface area contributed by atoms with Gasteiger partial charge in [0.2, 0.25) is 0 Å². The molecule has 0 aliphatic carbocycles. The Morgan fingerprint density at radius 1 is 1.30 bits per heavy atom. The summed E-state index contributed by atoms with van der Waals surface area (Å²) in [5, 5.41) is 0. The summed E-state index contributed by atoms with van der Waals surface area (Å²) in [5.41, 5.74) is 1.20. The SMILES string of the molecule is Cc1[c-]cccc1.[CH3-].[V+2].[V]. The first-order valence-electron chi connectivity index (χ1n) is 2.33. The second kappa shape index (κ2) is 9.39. The van der Waals surface area contributed by atoms with Gasteiger partial charge >= 0.3 is 18.6 Å². The van der Waals surface area contributed by atoms with Gasteiger partial charge in [-0.3, -0.25) is 0 Å². The predicted molar refractivity (Wildman–Crippen MR) is 36.4 cm³/mol. The summed E-state index contributed by atoms with van der Waals surface area (Å²) in [6, 6.07) is 10.9. The van der Waals surface area contributed by atoms with Crippen molar-refractivity contribution in [3.63, 3.8) is 0 Å². The van der Waals surface area contributed by atoms with Crippen LogP contribution in [-0.2, 0) is 37.1 Å². The van der Waals surface area contributed by atoms with Gasteiger partial charge < -0.3 is 7.43 Å². The Bertz CT molecular complexity index is 137. The standard InChI is InChI=1S/C7H7.CH3.2V/c1-7-5-3-2-4-6-7;;;/h2-5H,1H3;1H3;;/q2*-1;;+2. The largest absolute Gasteiger partial charge is 2.00 e. The molecule has 0 saturated carbocycles. The average molecular weight is 208 g/mol. The van der Waals surface area contributed by atoms with Crippen molar-refractivity contribution in [3.05, 3.63) is 43.3 Å². The van der Waals surface area contributed by atoms with E-state index in [0.29, 0.717) is 0 Å². The van der Waals surface area contributed by atoms with Crippen molar-refractivity contribution in [3.8, 4) is 0 Å². The van der Waals surface area contributed by atoms with Crippen LogP contribution in [0.3, 0.4) is 0 Å². The van der Waals surface area contributed by atoms with Crippen LogP contribution in [0.25, 0.3) is 0 Å². The molecule has 10 heavy (non-hydrogen) atoms. The van der Waals surface area contributed by atoms with Gasteiger partial charge in [0.05, 0.1) is 0 Å². The summed E-state index contributed by atoms with van der Waals surface area (Å²) < 4.78 is 0. The minimum atomic E-state index is 0. The van der Waals surface area contributed by atoms with E-state index >= 15 is 0 Å². The molecular weight excluding hydrogens is 198 g/mol. The van der Waals surface area contributed by atoms with Crippen LogP contribution >= 0.6 is 0 Å². The van der Waals surface area contributed by atoms with E-state index in [0.717, 1.165) is 0 Å². The van der Waals surface area contributed by atoms with Gasteiger partial charge in [0.15, 0.2) is 0 Å². The molecule has 0 fully saturated rings. The van der Waals surface area contributed by atoms with Crippen LogP contribution in [0.1, 0.15) is 5.56 Å². The number of hydrogen-bond donors (Lipinski definition) is 0. The first-order chi connectivity index (χ1) is 3.39. The normalized spacial score (nSPS) is 6.10. The minimum absolute atomic E-state index is 0. The van der Waals surface area contributed by atoms with Crippen LogP contribution in [0, 0.1) is 20.4 Å². The summed E-state index contributed by atoms with van der Waals surface area (Å²) in [6.45, 7) is 2.03. The molecule has 0 nitrogen and oxygen atoms in total. The number of rotatable bonds is 0. The fraction of sp³-hybridized carbons (Fsp3) is 0.125. The molecule has 0 spiro atoms. The minimum Gasteiger partial charge on any atom is -0.358 e. The molecule has 1 rings (SSSR count). The molecule has 0 aliphatic heterocycles. The maximum absolute atomic E-state index is 3.03. The van der Waals surface area contributed by atoms with Crippen molar-refractivity contribution < 1.29 is 37.1 Å². The molecule has 1 aromatic carbocycles. The summed E-state index contributed by atoms with van der Waals surface area (Å²) in [7, 11) is 0. The van der Waals surface area contributed by atoms with Crippen LogP contribution in [0.2, 0.25) is 0 Å². The van der Waals surface area contributed by atoms with E-state index in [1.54, 1.807) is 0 Å². The summed E-state index contributed by atoms with van der Waals surface area (Å²) >= 11 is 0. The van der Waals surface area contributed by atoms with Gasteiger partial charge in [-0.2, -0.15) is 35.9 Å². The van der Waals surface area contributed by atoms with Crippen molar-refractivity contribution in [2.24, 2.45) is 0 Å². The van der Waals surface area contributed by atoms with E-state index in [-0.39, 0.29) is 44.5 Å². The van der Waals surface area contributed by atoms with Gasteiger partial charge in [0.25, 0.3) is 0 Å². The van der Waals surface area contributed by atoms with E-state index < -0.39 is 0 Å². The Labute approximate surface area is 87.2 Å². The smallest absolute Gasteiger partial charge is 0.358 e. The Morgan fingerprint density at radius 3 is 2.10 bits per heavy atom. The molecule has 2 radical (unpaired) electrons. The Hall–Kier alpha value is 0.389. The molecule has 0 saturated heterocycles. The van der Waals surface area contributed by atoms with Crippen LogP contribution in [0.5, 0.6) is 0 Å². The van der Waals surface area contributed by atoms with E-state index in [9.17, 15) is 0 Å². The van der Waals surface area contributed by atoms with Gasteiger partial charge in [-0.05, 0) is 0 Å². The Balaban J connectivity index is -0.000000163. The number of benzene rings is 1. The second-order valence-electron chi connectivity index (χ2n) is 1.55. The summed E-state index contributed by atoms with van der Waals surface area (Å²) in [4.78, 5) is 0. The molecule has 0 atom stereocenters. The predicted octanol–water partition coefficient (Wildman–Crippen LogP) is 2.24. The molecule has 0 aromatic heterocycles. The quantitative estimate of drug-likeness (QED) is 0.573. The molecule has 2 heteroatoms. The number of aryl methyl sites for hydroxylation is 1. The molecule has 0 unspecified atom stereocenters. The first-order valence-corrected chi connectivity index (χ1v) is 2.33. The summed E-state index contributed by atoms with van der Waals surface area (Å²) in [6.07, 6.45) is 0. The molecule has 0 bridgehead atoms. The van der Waals surface area contributed by atoms with Gasteiger partial charge in [0, 0.05) is 18.6 Å². The van der Waals surface area contributed by atoms with Crippen LogP contribution in [-0.4, -0.2) is 0 Å². The van der Waals surface area contributed by atoms with E-state index in [1.807, 2.05) is 31.2 Å². The fourth-order valence-corrected chi connectivity index (χ4v) is 0.483. The van der Waals surface area contributed by atoms with Gasteiger partial charge in [-0.25, -0.2) is 0 Å². The maximum atomic E-state index is 3.03. The van der Waals surface area contributed by atoms with Crippen LogP contribution < -0.4 is 0 Å². The average Bonchev–Trinajstić information content (AvgIpc) is 1.69. The monoisotopic (exact) mass is 208 g/mol. The molecule has 0 heterocycles. The van der Waals surface area contributed by atoms with Crippen molar-refractivity contribution in [1.82, 2.24) is 0 Å². The zero-order chi connectivity index (χ0) is 5.11. The molecule has 1 aromatic rings. The molecule has 52 valence electrons. The third kappa shape index (κ3) is 6.51. The summed E-state index contributed by atoms with van der Waals surface area (Å²) in [5.74, 6) is 0. The second-order valence-corrected chi connectivity index (χ2v) is 1.55. The topological polar surface area (TPSA) is 0 Å². The van der Waals surface area contributed by atoms with Crippen LogP contribution in [0.15, 0.2) is 24.3 Å². The van der Waals surface area contributed by atoms with E-state index in [2.05, 4.69) is 6.07 Å². The molecular formula is C8H10V2. The third-order valence-corrected chi connectivity index (χ3v) is 0.865. The fourth-order valence-electron chi connectivity index (χ4n) is 0.483. The zero-order valence-electron chi connectivity index (χ0n) is 6.20. The Kier molecular flexibility index (Phi) is 15.7. The van der Waals surface area contributed by atoms with Gasteiger partial charge in [0.1, 0.15) is 0 Å². The van der Waals surface area contributed by atoms with E-state index in [4.69, 9.17) is 0 Å². The van der Waals surface area contributed by atoms with Gasteiger partial charge in [-0.1, -0.05) is 6.92 Å². The molecule has 0 aliphatic rings. The van der Waals surface area contributed by atoms with E-state index in [1.165, 1.54) is 5.56 Å². The maximum Gasteiger partial charge on any atom is 2.00 e. The van der Waals surface area contributed by atoms with Crippen molar-refractivity contribution in [2.75, 3.05) is 0 Å². The van der Waals surface area contributed by atoms with Crippen molar-refractivity contribution in [2.45, 2.75) is 6.92 Å².